The molecule has 2 N–H and O–H groups in total. The molecular formula is C23H27FN6. The van der Waals surface area contributed by atoms with Gasteiger partial charge in [-0.15, -0.1) is 0 Å². The molecule has 3 heterocycles. The lowest BCUT2D eigenvalue weighted by Crippen LogP contribution is -2.49. The summed E-state index contributed by atoms with van der Waals surface area (Å²) in [5, 5.41) is 6.65. The van der Waals surface area contributed by atoms with Gasteiger partial charge < -0.3 is 10.6 Å². The maximum Gasteiger partial charge on any atom is 0.223 e. The molecule has 0 bridgehead atoms. The number of benzene rings is 1. The van der Waals surface area contributed by atoms with Crippen molar-refractivity contribution in [3.8, 4) is 11.3 Å². The number of hydrogen-bond acceptors (Lipinski definition) is 6. The fourth-order valence-electron chi connectivity index (χ4n) is 3.68. The SMILES string of the molecule is CC1CNCCN1Cc1cncc(-c2ccnc(NCCc3cccc(F)c3)n2)c1. The summed E-state index contributed by atoms with van der Waals surface area (Å²) in [6.45, 7) is 6.84. The molecule has 1 atom stereocenters. The van der Waals surface area contributed by atoms with E-state index in [-0.39, 0.29) is 5.82 Å². The van der Waals surface area contributed by atoms with Crippen molar-refractivity contribution in [1.29, 1.82) is 0 Å². The van der Waals surface area contributed by atoms with E-state index >= 15 is 0 Å². The molecule has 6 nitrogen and oxygen atoms in total. The monoisotopic (exact) mass is 406 g/mol. The molecule has 4 rings (SSSR count). The summed E-state index contributed by atoms with van der Waals surface area (Å²) in [5.74, 6) is 0.346. The number of nitrogens with zero attached hydrogens (tertiary/aromatic N) is 4. The van der Waals surface area contributed by atoms with Crippen LogP contribution in [0.2, 0.25) is 0 Å². The van der Waals surface area contributed by atoms with E-state index in [1.165, 1.54) is 11.6 Å². The summed E-state index contributed by atoms with van der Waals surface area (Å²) in [6, 6.07) is 11.2. The van der Waals surface area contributed by atoms with Crippen molar-refractivity contribution in [3.63, 3.8) is 0 Å². The van der Waals surface area contributed by atoms with Crippen LogP contribution in [0.3, 0.4) is 0 Å². The van der Waals surface area contributed by atoms with Crippen LogP contribution in [-0.4, -0.2) is 52.1 Å². The number of hydrogen-bond donors (Lipinski definition) is 2. The molecule has 1 unspecified atom stereocenters. The highest BCUT2D eigenvalue weighted by Gasteiger charge is 2.18. The topological polar surface area (TPSA) is 66.0 Å². The lowest BCUT2D eigenvalue weighted by Gasteiger charge is -2.33. The minimum absolute atomic E-state index is 0.215. The average Bonchev–Trinajstić information content (AvgIpc) is 2.76. The summed E-state index contributed by atoms with van der Waals surface area (Å²) in [4.78, 5) is 15.8. The second kappa shape index (κ2) is 9.73. The lowest BCUT2D eigenvalue weighted by atomic mass is 10.1. The van der Waals surface area contributed by atoms with Crippen LogP contribution in [0, 0.1) is 5.82 Å². The number of rotatable bonds is 7. The molecule has 1 aliphatic rings. The van der Waals surface area contributed by atoms with Crippen LogP contribution >= 0.6 is 0 Å². The standard InChI is InChI=1S/C23H27FN6/c1-17-13-25-9-10-30(17)16-19-11-20(15-26-14-19)22-6-8-28-23(29-22)27-7-5-18-3-2-4-21(24)12-18/h2-4,6,8,11-12,14-15,17,25H,5,7,9-10,13,16H2,1H3,(H,27,28,29). The third-order valence-electron chi connectivity index (χ3n) is 5.36. The Morgan fingerprint density at radius 1 is 1.20 bits per heavy atom. The molecule has 0 spiro atoms. The quantitative estimate of drug-likeness (QED) is 0.629. The largest absolute Gasteiger partial charge is 0.354 e. The van der Waals surface area contributed by atoms with Crippen LogP contribution in [0.15, 0.2) is 55.0 Å². The van der Waals surface area contributed by atoms with E-state index < -0.39 is 0 Å². The number of halogens is 1. The Kier molecular flexibility index (Phi) is 6.61. The first-order chi connectivity index (χ1) is 14.7. The van der Waals surface area contributed by atoms with Gasteiger partial charge in [0.25, 0.3) is 0 Å². The van der Waals surface area contributed by atoms with Gasteiger partial charge in [0.2, 0.25) is 5.95 Å². The van der Waals surface area contributed by atoms with Gasteiger partial charge in [-0.1, -0.05) is 12.1 Å². The predicted molar refractivity (Wildman–Crippen MR) is 117 cm³/mol. The second-order valence-corrected chi connectivity index (χ2v) is 7.68. The first-order valence-electron chi connectivity index (χ1n) is 10.4. The molecule has 1 aliphatic heterocycles. The lowest BCUT2D eigenvalue weighted by molar-refractivity contribution is 0.165. The van der Waals surface area contributed by atoms with Gasteiger partial charge in [0.1, 0.15) is 5.82 Å². The smallest absolute Gasteiger partial charge is 0.223 e. The number of piperazine rings is 1. The molecule has 156 valence electrons. The van der Waals surface area contributed by atoms with Crippen molar-refractivity contribution in [3.05, 3.63) is 71.9 Å². The molecule has 1 aromatic carbocycles. The van der Waals surface area contributed by atoms with Gasteiger partial charge in [-0.25, -0.2) is 14.4 Å². The van der Waals surface area contributed by atoms with Crippen molar-refractivity contribution >= 4 is 5.95 Å². The fourth-order valence-corrected chi connectivity index (χ4v) is 3.68. The highest BCUT2D eigenvalue weighted by Crippen LogP contribution is 2.19. The Bertz CT molecular complexity index is 979. The number of nitrogens with one attached hydrogen (secondary N) is 2. The maximum atomic E-state index is 13.3. The molecule has 2 aromatic heterocycles. The van der Waals surface area contributed by atoms with Crippen LogP contribution in [-0.2, 0) is 13.0 Å². The minimum Gasteiger partial charge on any atom is -0.354 e. The number of anilines is 1. The van der Waals surface area contributed by atoms with E-state index in [2.05, 4.69) is 43.5 Å². The van der Waals surface area contributed by atoms with Crippen molar-refractivity contribution in [2.24, 2.45) is 0 Å². The third-order valence-corrected chi connectivity index (χ3v) is 5.36. The maximum absolute atomic E-state index is 13.3. The first-order valence-corrected chi connectivity index (χ1v) is 10.4. The first kappa shape index (κ1) is 20.4. The van der Waals surface area contributed by atoms with Gasteiger partial charge >= 0.3 is 0 Å². The van der Waals surface area contributed by atoms with Crippen molar-refractivity contribution in [1.82, 2.24) is 25.2 Å². The molecule has 7 heteroatoms. The van der Waals surface area contributed by atoms with Crippen LogP contribution < -0.4 is 10.6 Å². The van der Waals surface area contributed by atoms with Gasteiger partial charge in [0.05, 0.1) is 5.69 Å². The van der Waals surface area contributed by atoms with Gasteiger partial charge in [-0.2, -0.15) is 0 Å². The Balaban J connectivity index is 1.40. The van der Waals surface area contributed by atoms with Gasteiger partial charge in [-0.05, 0) is 48.7 Å². The highest BCUT2D eigenvalue weighted by molar-refractivity contribution is 5.59. The highest BCUT2D eigenvalue weighted by atomic mass is 19.1. The van der Waals surface area contributed by atoms with Crippen LogP contribution in [0.25, 0.3) is 11.3 Å². The summed E-state index contributed by atoms with van der Waals surface area (Å²) >= 11 is 0. The molecule has 0 saturated carbocycles. The fraction of sp³-hybridized carbons (Fsp3) is 0.348. The van der Waals surface area contributed by atoms with Gasteiger partial charge in [0.15, 0.2) is 0 Å². The average molecular weight is 407 g/mol. The molecule has 30 heavy (non-hydrogen) atoms. The van der Waals surface area contributed by atoms with Gasteiger partial charge in [0, 0.05) is 62.9 Å². The van der Waals surface area contributed by atoms with Gasteiger partial charge in [-0.3, -0.25) is 9.88 Å². The number of aromatic nitrogens is 3. The molecule has 0 aliphatic carbocycles. The van der Waals surface area contributed by atoms with Crippen LogP contribution in [0.4, 0.5) is 10.3 Å². The second-order valence-electron chi connectivity index (χ2n) is 7.68. The summed E-state index contributed by atoms with van der Waals surface area (Å²) in [5.41, 5.74) is 3.94. The molecule has 0 radical (unpaired) electrons. The predicted octanol–water partition coefficient (Wildman–Crippen LogP) is 3.13. The Labute approximate surface area is 176 Å². The Hall–Kier alpha value is -2.90. The van der Waals surface area contributed by atoms with E-state index in [1.54, 1.807) is 18.3 Å². The van der Waals surface area contributed by atoms with Crippen LogP contribution in [0.1, 0.15) is 18.1 Å². The third kappa shape index (κ3) is 5.37. The zero-order valence-corrected chi connectivity index (χ0v) is 17.2. The van der Waals surface area contributed by atoms with Crippen molar-refractivity contribution in [2.75, 3.05) is 31.5 Å². The molecule has 0 amide bonds. The van der Waals surface area contributed by atoms with E-state index in [9.17, 15) is 4.39 Å². The van der Waals surface area contributed by atoms with E-state index in [0.29, 0.717) is 25.0 Å². The van der Waals surface area contributed by atoms with Crippen molar-refractivity contribution < 1.29 is 4.39 Å². The van der Waals surface area contributed by atoms with E-state index in [0.717, 1.165) is 43.0 Å². The summed E-state index contributed by atoms with van der Waals surface area (Å²) in [7, 11) is 0. The normalized spacial score (nSPS) is 17.1. The summed E-state index contributed by atoms with van der Waals surface area (Å²) < 4.78 is 13.3. The summed E-state index contributed by atoms with van der Waals surface area (Å²) in [6.07, 6.45) is 6.21. The Morgan fingerprint density at radius 2 is 2.13 bits per heavy atom. The minimum atomic E-state index is -0.215. The Morgan fingerprint density at radius 3 is 3.00 bits per heavy atom. The molecule has 1 saturated heterocycles. The van der Waals surface area contributed by atoms with E-state index in [1.807, 2.05) is 24.5 Å². The molecule has 3 aromatic rings. The zero-order valence-electron chi connectivity index (χ0n) is 17.2. The molecular weight excluding hydrogens is 379 g/mol. The van der Waals surface area contributed by atoms with Crippen molar-refractivity contribution in [2.45, 2.75) is 25.9 Å². The van der Waals surface area contributed by atoms with E-state index in [4.69, 9.17) is 0 Å². The molecule has 1 fully saturated rings. The zero-order chi connectivity index (χ0) is 20.8. The number of pyridine rings is 1. The van der Waals surface area contributed by atoms with Crippen LogP contribution in [0.5, 0.6) is 0 Å².